The molecule has 2 amide bonds. The minimum Gasteiger partial charge on any atom is -0.497 e. The van der Waals surface area contributed by atoms with Gasteiger partial charge in [0.1, 0.15) is 5.75 Å². The van der Waals surface area contributed by atoms with Crippen LogP contribution in [0.1, 0.15) is 45.1 Å². The number of nitrogens with one attached hydrogen (secondary N) is 1. The van der Waals surface area contributed by atoms with E-state index < -0.39 is 0 Å². The van der Waals surface area contributed by atoms with E-state index in [-0.39, 0.29) is 24.3 Å². The van der Waals surface area contributed by atoms with Crippen molar-refractivity contribution < 1.29 is 14.3 Å². The van der Waals surface area contributed by atoms with Gasteiger partial charge in [0.2, 0.25) is 5.91 Å². The molecule has 1 aliphatic rings. The number of carbonyl (C=O) groups is 2. The van der Waals surface area contributed by atoms with E-state index in [0.717, 1.165) is 33.7 Å². The molecule has 1 heterocycles. The second-order valence-corrected chi connectivity index (χ2v) is 8.01. The number of aryl methyl sites for hydroxylation is 2. The number of ether oxygens (including phenoxy) is 1. The monoisotopic (exact) mass is 414 g/mol. The van der Waals surface area contributed by atoms with Gasteiger partial charge in [0.05, 0.1) is 19.6 Å². The molecule has 0 saturated carbocycles. The van der Waals surface area contributed by atoms with Crippen molar-refractivity contribution in [1.82, 2.24) is 4.90 Å². The first-order chi connectivity index (χ1) is 14.9. The molecule has 31 heavy (non-hydrogen) atoms. The van der Waals surface area contributed by atoms with E-state index in [1.165, 1.54) is 0 Å². The number of nitrogens with zero attached hydrogens (tertiary/aromatic N) is 1. The first kappa shape index (κ1) is 20.7. The van der Waals surface area contributed by atoms with E-state index in [2.05, 4.69) is 11.4 Å². The van der Waals surface area contributed by atoms with Crippen LogP contribution in [0.3, 0.4) is 0 Å². The highest BCUT2D eigenvalue weighted by atomic mass is 16.5. The van der Waals surface area contributed by atoms with Crippen molar-refractivity contribution >= 4 is 17.5 Å². The Morgan fingerprint density at radius 1 is 1.03 bits per heavy atom. The highest BCUT2D eigenvalue weighted by Gasteiger charge is 2.34. The summed E-state index contributed by atoms with van der Waals surface area (Å²) in [7, 11) is 1.62. The van der Waals surface area contributed by atoms with Crippen LogP contribution in [0.25, 0.3) is 0 Å². The molecule has 1 N–H and O–H groups in total. The lowest BCUT2D eigenvalue weighted by molar-refractivity contribution is -0.117. The molecule has 4 rings (SSSR count). The van der Waals surface area contributed by atoms with E-state index in [1.807, 2.05) is 74.5 Å². The first-order valence-corrected chi connectivity index (χ1v) is 10.4. The second kappa shape index (κ2) is 8.64. The third-order valence-corrected chi connectivity index (χ3v) is 5.61. The van der Waals surface area contributed by atoms with Crippen LogP contribution in [0.2, 0.25) is 0 Å². The normalized spacial score (nSPS) is 13.6. The number of benzene rings is 3. The summed E-state index contributed by atoms with van der Waals surface area (Å²) in [4.78, 5) is 27.9. The number of amides is 2. The maximum Gasteiger partial charge on any atom is 0.255 e. The van der Waals surface area contributed by atoms with E-state index in [4.69, 9.17) is 4.74 Å². The third kappa shape index (κ3) is 4.45. The molecular weight excluding hydrogens is 388 g/mol. The van der Waals surface area contributed by atoms with Gasteiger partial charge in [-0.15, -0.1) is 0 Å². The number of rotatable bonds is 6. The molecule has 0 spiro atoms. The molecule has 0 bridgehead atoms. The van der Waals surface area contributed by atoms with Gasteiger partial charge in [-0.05, 0) is 66.4 Å². The van der Waals surface area contributed by atoms with Crippen molar-refractivity contribution in [2.75, 3.05) is 12.4 Å². The Bertz CT molecular complexity index is 1100. The van der Waals surface area contributed by atoms with Gasteiger partial charge in [0.25, 0.3) is 5.91 Å². The molecule has 3 aromatic carbocycles. The highest BCUT2D eigenvalue weighted by Crippen LogP contribution is 2.34. The van der Waals surface area contributed by atoms with Crippen molar-refractivity contribution in [3.63, 3.8) is 0 Å². The van der Waals surface area contributed by atoms with Crippen molar-refractivity contribution in [2.45, 2.75) is 32.9 Å². The zero-order chi connectivity index (χ0) is 22.0. The van der Waals surface area contributed by atoms with Gasteiger partial charge in [0.15, 0.2) is 0 Å². The maximum absolute atomic E-state index is 13.1. The van der Waals surface area contributed by atoms with Gasteiger partial charge in [-0.2, -0.15) is 0 Å². The third-order valence-electron chi connectivity index (χ3n) is 5.61. The lowest BCUT2D eigenvalue weighted by Crippen LogP contribution is -2.32. The average molecular weight is 415 g/mol. The molecule has 5 heteroatoms. The van der Waals surface area contributed by atoms with Crippen LogP contribution < -0.4 is 10.1 Å². The van der Waals surface area contributed by atoms with Crippen LogP contribution in [-0.2, 0) is 11.3 Å². The average Bonchev–Trinajstić information content (AvgIpc) is 3.08. The number of methoxy groups -OCH3 is 1. The Morgan fingerprint density at radius 3 is 2.35 bits per heavy atom. The van der Waals surface area contributed by atoms with Crippen LogP contribution in [-0.4, -0.2) is 23.8 Å². The zero-order valence-electron chi connectivity index (χ0n) is 18.0. The number of anilines is 1. The van der Waals surface area contributed by atoms with Gasteiger partial charge < -0.3 is 15.0 Å². The number of hydrogen-bond acceptors (Lipinski definition) is 3. The quantitative estimate of drug-likeness (QED) is 0.615. The fourth-order valence-corrected chi connectivity index (χ4v) is 4.20. The topological polar surface area (TPSA) is 58.6 Å². The van der Waals surface area contributed by atoms with Crippen molar-refractivity contribution in [3.8, 4) is 5.75 Å². The second-order valence-electron chi connectivity index (χ2n) is 8.01. The summed E-state index contributed by atoms with van der Waals surface area (Å²) in [6, 6.07) is 20.8. The number of hydrogen-bond donors (Lipinski definition) is 1. The summed E-state index contributed by atoms with van der Waals surface area (Å²) in [5, 5.41) is 3.00. The Balaban J connectivity index is 1.61. The Morgan fingerprint density at radius 2 is 1.71 bits per heavy atom. The van der Waals surface area contributed by atoms with Crippen molar-refractivity contribution in [1.29, 1.82) is 0 Å². The van der Waals surface area contributed by atoms with Crippen LogP contribution in [0.5, 0.6) is 5.75 Å². The molecule has 0 radical (unpaired) electrons. The standard InChI is InChI=1S/C26H26N2O3/c1-17-12-18(2)14-21(13-17)27-25(29)15-24(19-8-10-22(31-3)11-9-19)28-16-20-6-4-5-7-23(20)26(28)30/h4-14,24H,15-16H2,1-3H3,(H,27,29). The van der Waals surface area contributed by atoms with Crippen LogP contribution in [0, 0.1) is 13.8 Å². The summed E-state index contributed by atoms with van der Waals surface area (Å²) in [6.45, 7) is 4.49. The lowest BCUT2D eigenvalue weighted by atomic mass is 10.0. The summed E-state index contributed by atoms with van der Waals surface area (Å²) in [6.07, 6.45) is 0.166. The minimum atomic E-state index is -0.378. The van der Waals surface area contributed by atoms with Gasteiger partial charge in [-0.25, -0.2) is 0 Å². The van der Waals surface area contributed by atoms with Crippen LogP contribution in [0.4, 0.5) is 5.69 Å². The molecule has 5 nitrogen and oxygen atoms in total. The van der Waals surface area contributed by atoms with Crippen molar-refractivity contribution in [2.24, 2.45) is 0 Å². The summed E-state index contributed by atoms with van der Waals surface area (Å²) >= 11 is 0. The van der Waals surface area contributed by atoms with Crippen molar-refractivity contribution in [3.05, 3.63) is 94.5 Å². The van der Waals surface area contributed by atoms with E-state index in [0.29, 0.717) is 12.1 Å². The molecular formula is C26H26N2O3. The van der Waals surface area contributed by atoms with E-state index in [9.17, 15) is 9.59 Å². The molecule has 0 saturated heterocycles. The first-order valence-electron chi connectivity index (χ1n) is 10.4. The molecule has 1 unspecified atom stereocenters. The van der Waals surface area contributed by atoms with E-state index >= 15 is 0 Å². The summed E-state index contributed by atoms with van der Waals surface area (Å²) in [5.41, 5.74) is 5.54. The smallest absolute Gasteiger partial charge is 0.255 e. The van der Waals surface area contributed by atoms with Crippen LogP contribution >= 0.6 is 0 Å². The minimum absolute atomic E-state index is 0.0457. The van der Waals surface area contributed by atoms with Gasteiger partial charge >= 0.3 is 0 Å². The fraction of sp³-hybridized carbons (Fsp3) is 0.231. The molecule has 0 aromatic heterocycles. The summed E-state index contributed by atoms with van der Waals surface area (Å²) in [5.74, 6) is 0.559. The predicted octanol–water partition coefficient (Wildman–Crippen LogP) is 5.04. The number of fused-ring (bicyclic) bond motifs is 1. The molecule has 1 atom stereocenters. The lowest BCUT2D eigenvalue weighted by Gasteiger charge is -2.28. The Hall–Kier alpha value is -3.60. The van der Waals surface area contributed by atoms with Gasteiger partial charge in [-0.3, -0.25) is 9.59 Å². The molecule has 1 aliphatic heterocycles. The zero-order valence-corrected chi connectivity index (χ0v) is 18.0. The molecule has 158 valence electrons. The largest absolute Gasteiger partial charge is 0.497 e. The Kier molecular flexibility index (Phi) is 5.76. The summed E-state index contributed by atoms with van der Waals surface area (Å²) < 4.78 is 5.27. The molecule has 0 aliphatic carbocycles. The fourth-order valence-electron chi connectivity index (χ4n) is 4.20. The molecule has 0 fully saturated rings. The maximum atomic E-state index is 13.1. The van der Waals surface area contributed by atoms with Crippen LogP contribution in [0.15, 0.2) is 66.7 Å². The van der Waals surface area contributed by atoms with Gasteiger partial charge in [-0.1, -0.05) is 36.4 Å². The number of carbonyl (C=O) groups excluding carboxylic acids is 2. The predicted molar refractivity (Wildman–Crippen MR) is 121 cm³/mol. The highest BCUT2D eigenvalue weighted by molar-refractivity contribution is 5.99. The van der Waals surface area contributed by atoms with E-state index in [1.54, 1.807) is 12.0 Å². The SMILES string of the molecule is COc1ccc(C(CC(=O)Nc2cc(C)cc(C)c2)N2Cc3ccccc3C2=O)cc1. The van der Waals surface area contributed by atoms with Gasteiger partial charge in [0, 0.05) is 17.8 Å². The molecule has 3 aromatic rings. The Labute approximate surface area is 182 Å².